The molecule has 2 heteroatoms. The summed E-state index contributed by atoms with van der Waals surface area (Å²) >= 11 is 0. The summed E-state index contributed by atoms with van der Waals surface area (Å²) < 4.78 is 5.31. The molecule has 2 nitrogen and oxygen atoms in total. The molecule has 0 saturated heterocycles. The Morgan fingerprint density at radius 3 is 2.50 bits per heavy atom. The average molecular weight is 220 g/mol. The van der Waals surface area contributed by atoms with Crippen LogP contribution in [0.5, 0.6) is 0 Å². The van der Waals surface area contributed by atoms with Gasteiger partial charge < -0.3 is 4.74 Å². The number of methoxy groups -OCH3 is 1. The van der Waals surface area contributed by atoms with Crippen LogP contribution in [-0.2, 0) is 16.0 Å². The molecule has 0 aliphatic heterocycles. The molecule has 1 rings (SSSR count). The van der Waals surface area contributed by atoms with Crippen molar-refractivity contribution in [2.75, 3.05) is 7.11 Å². The fraction of sp³-hybridized carbons (Fsp3) is 0.500. The van der Waals surface area contributed by atoms with Crippen LogP contribution in [0, 0.1) is 6.92 Å². The van der Waals surface area contributed by atoms with Crippen molar-refractivity contribution in [3.8, 4) is 0 Å². The summed E-state index contributed by atoms with van der Waals surface area (Å²) in [5.41, 5.74) is 1.59. The summed E-state index contributed by atoms with van der Waals surface area (Å²) in [4.78, 5) is 12.1. The van der Waals surface area contributed by atoms with E-state index in [1.54, 1.807) is 7.11 Å². The third-order valence-electron chi connectivity index (χ3n) is 3.33. The minimum absolute atomic E-state index is 0.145. The van der Waals surface area contributed by atoms with Crippen LogP contribution in [0.2, 0.25) is 0 Å². The number of hydrogen-bond acceptors (Lipinski definition) is 2. The Kier molecular flexibility index (Phi) is 4.25. The Balaban J connectivity index is 2.83. The normalized spacial score (nSPS) is 14.5. The van der Waals surface area contributed by atoms with Gasteiger partial charge in [0.15, 0.2) is 5.78 Å². The van der Waals surface area contributed by atoms with E-state index in [-0.39, 0.29) is 5.78 Å². The summed E-state index contributed by atoms with van der Waals surface area (Å²) in [6.07, 6.45) is 1.15. The van der Waals surface area contributed by atoms with Crippen molar-refractivity contribution in [1.29, 1.82) is 0 Å². The van der Waals surface area contributed by atoms with E-state index in [0.717, 1.165) is 11.1 Å². The molecule has 0 radical (unpaired) electrons. The summed E-state index contributed by atoms with van der Waals surface area (Å²) in [6.45, 7) is 5.85. The highest BCUT2D eigenvalue weighted by Crippen LogP contribution is 2.19. The third-order valence-corrected chi connectivity index (χ3v) is 3.33. The number of aryl methyl sites for hydroxylation is 1. The van der Waals surface area contributed by atoms with Crippen molar-refractivity contribution in [1.82, 2.24) is 0 Å². The highest BCUT2D eigenvalue weighted by Gasteiger charge is 2.30. The van der Waals surface area contributed by atoms with Crippen molar-refractivity contribution in [2.45, 2.75) is 39.2 Å². The van der Waals surface area contributed by atoms with E-state index >= 15 is 0 Å². The van der Waals surface area contributed by atoms with Gasteiger partial charge in [-0.15, -0.1) is 0 Å². The lowest BCUT2D eigenvalue weighted by Gasteiger charge is -2.25. The topological polar surface area (TPSA) is 26.3 Å². The van der Waals surface area contributed by atoms with Crippen molar-refractivity contribution in [2.24, 2.45) is 0 Å². The van der Waals surface area contributed by atoms with Crippen LogP contribution in [0.25, 0.3) is 0 Å². The zero-order valence-corrected chi connectivity index (χ0v) is 10.5. The van der Waals surface area contributed by atoms with Gasteiger partial charge in [0.05, 0.1) is 0 Å². The molecule has 0 fully saturated rings. The number of carbonyl (C=O) groups is 1. The monoisotopic (exact) mass is 220 g/mol. The van der Waals surface area contributed by atoms with Gasteiger partial charge >= 0.3 is 0 Å². The molecule has 0 aliphatic carbocycles. The van der Waals surface area contributed by atoms with Gasteiger partial charge in [-0.1, -0.05) is 31.2 Å². The molecule has 0 N–H and O–H groups in total. The van der Waals surface area contributed by atoms with Crippen LogP contribution in [-0.4, -0.2) is 18.5 Å². The van der Waals surface area contributed by atoms with Gasteiger partial charge in [0.25, 0.3) is 0 Å². The van der Waals surface area contributed by atoms with E-state index in [2.05, 4.69) is 0 Å². The van der Waals surface area contributed by atoms with E-state index in [1.807, 2.05) is 45.0 Å². The molecule has 0 aromatic heterocycles. The number of benzene rings is 1. The van der Waals surface area contributed by atoms with Gasteiger partial charge in [0.1, 0.15) is 5.60 Å². The zero-order chi connectivity index (χ0) is 12.2. The Morgan fingerprint density at radius 2 is 2.00 bits per heavy atom. The number of Topliss-reactive ketones (excluding diaryl/α,β-unsaturated/α-hetero) is 1. The molecule has 1 aromatic carbocycles. The van der Waals surface area contributed by atoms with E-state index < -0.39 is 5.60 Å². The Hall–Kier alpha value is -1.15. The number of rotatable bonds is 5. The lowest BCUT2D eigenvalue weighted by atomic mass is 9.91. The summed E-state index contributed by atoms with van der Waals surface area (Å²) in [5.74, 6) is 0.145. The summed E-state index contributed by atoms with van der Waals surface area (Å²) in [7, 11) is 1.60. The smallest absolute Gasteiger partial charge is 0.168 e. The number of ketones is 1. The molecule has 1 atom stereocenters. The van der Waals surface area contributed by atoms with Crippen molar-refractivity contribution in [3.63, 3.8) is 0 Å². The minimum atomic E-state index is -0.651. The molecule has 0 heterocycles. The minimum Gasteiger partial charge on any atom is -0.371 e. The molecular formula is C14H20O2. The Morgan fingerprint density at radius 1 is 1.38 bits per heavy atom. The van der Waals surface area contributed by atoms with Crippen LogP contribution in [0.4, 0.5) is 0 Å². The van der Waals surface area contributed by atoms with Crippen LogP contribution in [0.15, 0.2) is 24.3 Å². The van der Waals surface area contributed by atoms with E-state index in [1.165, 1.54) is 0 Å². The fourth-order valence-corrected chi connectivity index (χ4v) is 1.62. The lowest BCUT2D eigenvalue weighted by Crippen LogP contribution is -2.38. The maximum Gasteiger partial charge on any atom is 0.168 e. The van der Waals surface area contributed by atoms with Crippen molar-refractivity contribution >= 4 is 5.78 Å². The molecule has 0 amide bonds. The van der Waals surface area contributed by atoms with Crippen molar-refractivity contribution < 1.29 is 9.53 Å². The molecular weight excluding hydrogens is 200 g/mol. The Labute approximate surface area is 97.6 Å². The first-order valence-corrected chi connectivity index (χ1v) is 5.66. The largest absolute Gasteiger partial charge is 0.371 e. The number of ether oxygens (including phenoxy) is 1. The maximum absolute atomic E-state index is 12.1. The van der Waals surface area contributed by atoms with E-state index in [0.29, 0.717) is 12.8 Å². The summed E-state index contributed by atoms with van der Waals surface area (Å²) in [6, 6.07) is 7.97. The van der Waals surface area contributed by atoms with Gasteiger partial charge in [-0.2, -0.15) is 0 Å². The first-order valence-electron chi connectivity index (χ1n) is 5.66. The quantitative estimate of drug-likeness (QED) is 0.762. The molecule has 0 bridgehead atoms. The lowest BCUT2D eigenvalue weighted by molar-refractivity contribution is -0.138. The van der Waals surface area contributed by atoms with Crippen LogP contribution >= 0.6 is 0 Å². The van der Waals surface area contributed by atoms with Gasteiger partial charge in [-0.25, -0.2) is 0 Å². The third kappa shape index (κ3) is 2.70. The van der Waals surface area contributed by atoms with Crippen LogP contribution in [0.3, 0.4) is 0 Å². The van der Waals surface area contributed by atoms with E-state index in [4.69, 9.17) is 4.74 Å². The number of carbonyl (C=O) groups excluding carboxylic acids is 1. The zero-order valence-electron chi connectivity index (χ0n) is 10.5. The second-order valence-electron chi connectivity index (χ2n) is 4.31. The first kappa shape index (κ1) is 12.9. The van der Waals surface area contributed by atoms with Gasteiger partial charge in [0, 0.05) is 13.5 Å². The molecule has 16 heavy (non-hydrogen) atoms. The molecule has 1 aromatic rings. The summed E-state index contributed by atoms with van der Waals surface area (Å²) in [5, 5.41) is 0. The molecule has 0 aliphatic rings. The van der Waals surface area contributed by atoms with Crippen molar-refractivity contribution in [3.05, 3.63) is 35.4 Å². The number of hydrogen-bond donors (Lipinski definition) is 0. The molecule has 1 unspecified atom stereocenters. The highest BCUT2D eigenvalue weighted by atomic mass is 16.5. The molecule has 0 saturated carbocycles. The second-order valence-corrected chi connectivity index (χ2v) is 4.31. The van der Waals surface area contributed by atoms with Gasteiger partial charge in [-0.3, -0.25) is 4.79 Å². The first-order chi connectivity index (χ1) is 7.53. The molecule has 88 valence electrons. The SMILES string of the molecule is CCC(C)(OC)C(=O)Cc1ccccc1C. The highest BCUT2D eigenvalue weighted by molar-refractivity contribution is 5.89. The maximum atomic E-state index is 12.1. The van der Waals surface area contributed by atoms with E-state index in [9.17, 15) is 4.79 Å². The molecule has 0 spiro atoms. The second kappa shape index (κ2) is 5.26. The van der Waals surface area contributed by atoms with Crippen LogP contribution < -0.4 is 0 Å². The van der Waals surface area contributed by atoms with Gasteiger partial charge in [-0.05, 0) is 31.4 Å². The van der Waals surface area contributed by atoms with Crippen LogP contribution in [0.1, 0.15) is 31.4 Å². The fourth-order valence-electron chi connectivity index (χ4n) is 1.62. The van der Waals surface area contributed by atoms with Gasteiger partial charge in [0.2, 0.25) is 0 Å². The predicted octanol–water partition coefficient (Wildman–Crippen LogP) is 2.92. The Bertz CT molecular complexity index is 365. The average Bonchev–Trinajstić information content (AvgIpc) is 2.31. The standard InChI is InChI=1S/C14H20O2/c1-5-14(3,16-4)13(15)10-12-9-7-6-8-11(12)2/h6-9H,5,10H2,1-4H3. The predicted molar refractivity (Wildman–Crippen MR) is 65.6 cm³/mol.